The van der Waals surface area contributed by atoms with Crippen LogP contribution in [0.1, 0.15) is 45.4 Å². The number of alkyl halides is 1. The van der Waals surface area contributed by atoms with Gasteiger partial charge in [0.15, 0.2) is 0 Å². The first-order valence-electron chi connectivity index (χ1n) is 6.24. The highest BCUT2D eigenvalue weighted by molar-refractivity contribution is 7.99. The first kappa shape index (κ1) is 14.2. The molecule has 0 radical (unpaired) electrons. The molecule has 1 rings (SSSR count). The van der Waals surface area contributed by atoms with Gasteiger partial charge in [0, 0.05) is 23.6 Å². The maximum absolute atomic E-state index is 11.7. The number of hydrogen-bond donors (Lipinski definition) is 1. The third-order valence-electron chi connectivity index (χ3n) is 2.97. The Hall–Kier alpha value is 0.110. The highest BCUT2D eigenvalue weighted by Crippen LogP contribution is 2.29. The summed E-state index contributed by atoms with van der Waals surface area (Å²) in [5.74, 6) is 2.01. The van der Waals surface area contributed by atoms with Gasteiger partial charge < -0.3 is 5.32 Å². The van der Waals surface area contributed by atoms with E-state index in [1.165, 1.54) is 12.8 Å². The molecule has 2 atom stereocenters. The van der Waals surface area contributed by atoms with E-state index in [1.807, 2.05) is 11.8 Å². The number of rotatable bonds is 7. The van der Waals surface area contributed by atoms with Crippen LogP contribution in [-0.4, -0.2) is 28.8 Å². The van der Waals surface area contributed by atoms with Gasteiger partial charge in [0.2, 0.25) is 5.91 Å². The first-order valence-corrected chi connectivity index (χ1v) is 7.83. The molecule has 0 spiro atoms. The van der Waals surface area contributed by atoms with Crippen LogP contribution in [0.5, 0.6) is 0 Å². The molecule has 1 fully saturated rings. The van der Waals surface area contributed by atoms with Gasteiger partial charge in [0.25, 0.3) is 0 Å². The van der Waals surface area contributed by atoms with Crippen molar-refractivity contribution in [2.75, 3.05) is 11.6 Å². The summed E-state index contributed by atoms with van der Waals surface area (Å²) in [6.07, 6.45) is 6.14. The number of halogens is 1. The van der Waals surface area contributed by atoms with Crippen LogP contribution in [0, 0.1) is 0 Å². The number of unbranched alkanes of at least 4 members (excludes halogenated alkanes) is 1. The Labute approximate surface area is 108 Å². The molecular formula is C12H22ClNOS. The molecule has 0 saturated heterocycles. The zero-order valence-electron chi connectivity index (χ0n) is 10.0. The van der Waals surface area contributed by atoms with Crippen molar-refractivity contribution in [1.82, 2.24) is 5.32 Å². The quantitative estimate of drug-likeness (QED) is 0.565. The van der Waals surface area contributed by atoms with Crippen LogP contribution in [0.15, 0.2) is 0 Å². The van der Waals surface area contributed by atoms with Gasteiger partial charge in [-0.15, -0.1) is 11.6 Å². The summed E-state index contributed by atoms with van der Waals surface area (Å²) in [4.78, 5) is 11.7. The molecule has 2 nitrogen and oxygen atoms in total. The van der Waals surface area contributed by atoms with Crippen molar-refractivity contribution >= 4 is 29.3 Å². The van der Waals surface area contributed by atoms with E-state index < -0.39 is 0 Å². The molecule has 16 heavy (non-hydrogen) atoms. The predicted molar refractivity (Wildman–Crippen MR) is 72.3 cm³/mol. The fourth-order valence-electron chi connectivity index (χ4n) is 2.16. The van der Waals surface area contributed by atoms with Crippen molar-refractivity contribution in [2.24, 2.45) is 0 Å². The maximum atomic E-state index is 11.7. The summed E-state index contributed by atoms with van der Waals surface area (Å²) in [6.45, 7) is 2.18. The van der Waals surface area contributed by atoms with E-state index in [2.05, 4.69) is 12.2 Å². The number of nitrogens with one attached hydrogen (secondary N) is 1. The minimum Gasteiger partial charge on any atom is -0.352 e. The Balaban J connectivity index is 2.21. The Morgan fingerprint density at radius 1 is 1.44 bits per heavy atom. The molecule has 1 amide bonds. The minimum absolute atomic E-state index is 0.207. The summed E-state index contributed by atoms with van der Waals surface area (Å²) in [5, 5.41) is 3.81. The number of amides is 1. The van der Waals surface area contributed by atoms with Crippen molar-refractivity contribution in [3.05, 3.63) is 0 Å². The fourth-order valence-corrected chi connectivity index (χ4v) is 3.55. The zero-order chi connectivity index (χ0) is 11.8. The van der Waals surface area contributed by atoms with E-state index in [9.17, 15) is 4.79 Å². The molecule has 1 N–H and O–H groups in total. The van der Waals surface area contributed by atoms with Gasteiger partial charge in [0.1, 0.15) is 0 Å². The molecule has 1 saturated carbocycles. The summed E-state index contributed by atoms with van der Waals surface area (Å²) < 4.78 is 0. The van der Waals surface area contributed by atoms with Crippen molar-refractivity contribution < 1.29 is 4.79 Å². The molecule has 0 aliphatic heterocycles. The number of hydrogen-bond acceptors (Lipinski definition) is 2. The highest BCUT2D eigenvalue weighted by atomic mass is 35.5. The number of carbonyl (C=O) groups is 1. The van der Waals surface area contributed by atoms with Gasteiger partial charge in [-0.2, -0.15) is 11.8 Å². The average molecular weight is 264 g/mol. The molecule has 0 bridgehead atoms. The van der Waals surface area contributed by atoms with E-state index in [0.717, 1.165) is 25.0 Å². The molecule has 1 aliphatic carbocycles. The van der Waals surface area contributed by atoms with Crippen LogP contribution in [0.2, 0.25) is 0 Å². The Bertz CT molecular complexity index is 213. The van der Waals surface area contributed by atoms with Gasteiger partial charge in [-0.25, -0.2) is 0 Å². The molecule has 0 heterocycles. The second-order valence-electron chi connectivity index (χ2n) is 4.24. The van der Waals surface area contributed by atoms with Gasteiger partial charge in [-0.05, 0) is 31.4 Å². The van der Waals surface area contributed by atoms with Crippen LogP contribution in [0.25, 0.3) is 0 Å². The molecule has 1 aliphatic rings. The van der Waals surface area contributed by atoms with E-state index in [4.69, 9.17) is 11.6 Å². The van der Waals surface area contributed by atoms with Crippen LogP contribution >= 0.6 is 23.4 Å². The van der Waals surface area contributed by atoms with Crippen molar-refractivity contribution in [1.29, 1.82) is 0 Å². The first-order chi connectivity index (χ1) is 7.77. The van der Waals surface area contributed by atoms with E-state index in [-0.39, 0.29) is 5.91 Å². The number of carbonyl (C=O) groups excluding carboxylic acids is 1. The number of thioether (sulfide) groups is 1. The summed E-state index contributed by atoms with van der Waals surface area (Å²) >= 11 is 7.57. The highest BCUT2D eigenvalue weighted by Gasteiger charge is 2.27. The lowest BCUT2D eigenvalue weighted by molar-refractivity contribution is -0.121. The Morgan fingerprint density at radius 3 is 2.94 bits per heavy atom. The van der Waals surface area contributed by atoms with Gasteiger partial charge in [-0.1, -0.05) is 13.3 Å². The summed E-state index contributed by atoms with van der Waals surface area (Å²) in [7, 11) is 0. The second kappa shape index (κ2) is 8.24. The minimum atomic E-state index is 0.207. The molecule has 0 aromatic heterocycles. The second-order valence-corrected chi connectivity index (χ2v) is 6.14. The third-order valence-corrected chi connectivity index (χ3v) is 4.56. The van der Waals surface area contributed by atoms with E-state index in [1.54, 1.807) is 0 Å². The van der Waals surface area contributed by atoms with Crippen LogP contribution in [-0.2, 0) is 4.79 Å². The van der Waals surface area contributed by atoms with E-state index in [0.29, 0.717) is 23.6 Å². The zero-order valence-corrected chi connectivity index (χ0v) is 11.6. The SMILES string of the molecule is CCSC1CCCC1NC(=O)CCCCCl. The molecule has 94 valence electrons. The summed E-state index contributed by atoms with van der Waals surface area (Å²) in [6, 6.07) is 0.411. The smallest absolute Gasteiger partial charge is 0.220 e. The van der Waals surface area contributed by atoms with Gasteiger partial charge in [0.05, 0.1) is 0 Å². The largest absolute Gasteiger partial charge is 0.352 e. The summed E-state index contributed by atoms with van der Waals surface area (Å²) in [5.41, 5.74) is 0. The lowest BCUT2D eigenvalue weighted by Gasteiger charge is -2.20. The van der Waals surface area contributed by atoms with Gasteiger partial charge in [-0.3, -0.25) is 4.79 Å². The van der Waals surface area contributed by atoms with E-state index >= 15 is 0 Å². The van der Waals surface area contributed by atoms with Crippen molar-refractivity contribution in [3.63, 3.8) is 0 Å². The molecule has 0 aromatic carbocycles. The van der Waals surface area contributed by atoms with Crippen molar-refractivity contribution in [3.8, 4) is 0 Å². The van der Waals surface area contributed by atoms with Crippen LogP contribution < -0.4 is 5.32 Å². The molecular weight excluding hydrogens is 242 g/mol. The lowest BCUT2D eigenvalue weighted by atomic mass is 10.2. The molecule has 2 unspecified atom stereocenters. The Morgan fingerprint density at radius 2 is 2.25 bits per heavy atom. The normalized spacial score (nSPS) is 24.6. The monoisotopic (exact) mass is 263 g/mol. The predicted octanol–water partition coefficient (Wildman–Crippen LogP) is 3.19. The van der Waals surface area contributed by atoms with Crippen LogP contribution in [0.4, 0.5) is 0 Å². The average Bonchev–Trinajstić information content (AvgIpc) is 2.67. The fraction of sp³-hybridized carbons (Fsp3) is 0.917. The van der Waals surface area contributed by atoms with Gasteiger partial charge >= 0.3 is 0 Å². The van der Waals surface area contributed by atoms with Crippen LogP contribution in [0.3, 0.4) is 0 Å². The maximum Gasteiger partial charge on any atom is 0.220 e. The molecule has 0 aromatic rings. The lowest BCUT2D eigenvalue weighted by Crippen LogP contribution is -2.38. The topological polar surface area (TPSA) is 29.1 Å². The molecule has 4 heteroatoms. The third kappa shape index (κ3) is 4.96. The van der Waals surface area contributed by atoms with Crippen molar-refractivity contribution in [2.45, 2.75) is 56.7 Å². The Kier molecular flexibility index (Phi) is 7.30. The standard InChI is InChI=1S/C12H22ClNOS/c1-2-16-11-7-5-6-10(11)14-12(15)8-3-4-9-13/h10-11H,2-9H2,1H3,(H,14,15).